The zero-order valence-electron chi connectivity index (χ0n) is 17.3. The van der Waals surface area contributed by atoms with Gasteiger partial charge < -0.3 is 19.5 Å². The molecule has 0 aliphatic carbocycles. The van der Waals surface area contributed by atoms with E-state index in [-0.39, 0.29) is 46.2 Å². The Kier molecular flexibility index (Phi) is 7.20. The van der Waals surface area contributed by atoms with Gasteiger partial charge in [0.15, 0.2) is 0 Å². The van der Waals surface area contributed by atoms with E-state index in [9.17, 15) is 14.7 Å². The maximum atomic E-state index is 13.0. The van der Waals surface area contributed by atoms with Crippen LogP contribution in [-0.4, -0.2) is 53.0 Å². The first-order chi connectivity index (χ1) is 14.8. The van der Waals surface area contributed by atoms with Crippen LogP contribution >= 0.6 is 23.2 Å². The molecule has 1 aliphatic rings. The second-order valence-corrected chi connectivity index (χ2v) is 8.01. The van der Waals surface area contributed by atoms with Gasteiger partial charge in [0.2, 0.25) is 0 Å². The van der Waals surface area contributed by atoms with Crippen LogP contribution in [0.2, 0.25) is 10.0 Å². The minimum atomic E-state index is -0.855. The molecule has 1 atom stereocenters. The number of hydrogen-bond donors (Lipinski definition) is 1. The zero-order chi connectivity index (χ0) is 22.7. The molecule has 0 spiro atoms. The van der Waals surface area contributed by atoms with Crippen molar-refractivity contribution in [1.29, 1.82) is 0 Å². The van der Waals surface area contributed by atoms with Crippen LogP contribution in [0.4, 0.5) is 0 Å². The second-order valence-electron chi connectivity index (χ2n) is 7.17. The monoisotopic (exact) mass is 464 g/mol. The number of carbonyl (C=O) groups excluding carboxylic acids is 2. The number of ether oxygens (including phenoxy) is 2. The third-order valence-corrected chi connectivity index (χ3v) is 5.29. The van der Waals surface area contributed by atoms with Crippen molar-refractivity contribution in [3.63, 3.8) is 0 Å². The van der Waals surface area contributed by atoms with Crippen molar-refractivity contribution in [2.45, 2.75) is 26.0 Å². The fourth-order valence-corrected chi connectivity index (χ4v) is 4.04. The number of ketones is 1. The highest BCUT2D eigenvalue weighted by Gasteiger charge is 2.46. The third-order valence-electron chi connectivity index (χ3n) is 4.79. The van der Waals surface area contributed by atoms with E-state index in [0.717, 1.165) is 0 Å². The topological polar surface area (TPSA) is 89.0 Å². The van der Waals surface area contributed by atoms with E-state index < -0.39 is 23.5 Å². The molecule has 9 heteroatoms. The van der Waals surface area contributed by atoms with E-state index in [1.807, 2.05) is 13.8 Å². The van der Waals surface area contributed by atoms with Gasteiger partial charge >= 0.3 is 0 Å². The van der Waals surface area contributed by atoms with Crippen LogP contribution in [0.15, 0.2) is 42.2 Å². The minimum absolute atomic E-state index is 0.0356. The quantitative estimate of drug-likeness (QED) is 0.374. The summed E-state index contributed by atoms with van der Waals surface area (Å²) in [7, 11) is 1.38. The number of halogens is 2. The molecule has 1 fully saturated rings. The van der Waals surface area contributed by atoms with Crippen LogP contribution in [-0.2, 0) is 14.3 Å². The van der Waals surface area contributed by atoms with Gasteiger partial charge in [-0.2, -0.15) is 0 Å². The molecule has 3 rings (SSSR count). The normalized spacial score (nSPS) is 18.1. The number of amides is 1. The van der Waals surface area contributed by atoms with Gasteiger partial charge in [-0.1, -0.05) is 29.3 Å². The summed E-state index contributed by atoms with van der Waals surface area (Å²) in [4.78, 5) is 31.3. The summed E-state index contributed by atoms with van der Waals surface area (Å²) in [5.74, 6) is -1.85. The SMILES string of the molecule is COc1c(Cl)cc(Cl)cc1/C(O)=C1\C(=O)C(=O)N(CCOC(C)C)C1c1cccnc1. The van der Waals surface area contributed by atoms with E-state index in [1.54, 1.807) is 24.5 Å². The molecule has 164 valence electrons. The second kappa shape index (κ2) is 9.68. The summed E-state index contributed by atoms with van der Waals surface area (Å²) in [5.41, 5.74) is 0.587. The average molecular weight is 465 g/mol. The average Bonchev–Trinajstić information content (AvgIpc) is 2.98. The first kappa shape index (κ1) is 23.1. The number of hydrogen-bond acceptors (Lipinski definition) is 6. The lowest BCUT2D eigenvalue weighted by Crippen LogP contribution is -2.33. The number of Topliss-reactive ketones (excluding diaryl/α,β-unsaturated/α-hetero) is 1. The van der Waals surface area contributed by atoms with Gasteiger partial charge in [0.25, 0.3) is 11.7 Å². The van der Waals surface area contributed by atoms with Crippen molar-refractivity contribution in [3.8, 4) is 5.75 Å². The molecule has 0 bridgehead atoms. The van der Waals surface area contributed by atoms with Gasteiger partial charge in [-0.05, 0) is 37.6 Å². The Bertz CT molecular complexity index is 1020. The molecule has 1 saturated heterocycles. The lowest BCUT2D eigenvalue weighted by atomic mass is 9.96. The van der Waals surface area contributed by atoms with Crippen molar-refractivity contribution in [2.75, 3.05) is 20.3 Å². The molecule has 0 saturated carbocycles. The van der Waals surface area contributed by atoms with Gasteiger partial charge in [0.1, 0.15) is 11.5 Å². The van der Waals surface area contributed by atoms with Crippen molar-refractivity contribution in [1.82, 2.24) is 9.88 Å². The van der Waals surface area contributed by atoms with Crippen LogP contribution in [0, 0.1) is 0 Å². The van der Waals surface area contributed by atoms with Crippen LogP contribution in [0.25, 0.3) is 5.76 Å². The summed E-state index contributed by atoms with van der Waals surface area (Å²) in [6, 6.07) is 5.45. The largest absolute Gasteiger partial charge is 0.507 e. The molecule has 1 N–H and O–H groups in total. The van der Waals surface area contributed by atoms with E-state index in [4.69, 9.17) is 32.7 Å². The summed E-state index contributed by atoms with van der Waals surface area (Å²) in [6.07, 6.45) is 3.09. The van der Waals surface area contributed by atoms with Crippen molar-refractivity contribution >= 4 is 40.7 Å². The van der Waals surface area contributed by atoms with E-state index in [2.05, 4.69) is 4.98 Å². The standard InChI is InChI=1S/C22H22Cl2N2O5/c1-12(2)31-8-7-26-18(13-5-4-6-25-11-13)17(20(28)22(26)29)19(27)15-9-14(23)10-16(24)21(15)30-3/h4-6,9-12,18,27H,7-8H2,1-3H3/b19-17+. The molecule has 2 heterocycles. The fraction of sp³-hybridized carbons (Fsp3) is 0.318. The van der Waals surface area contributed by atoms with Gasteiger partial charge in [-0.3, -0.25) is 14.6 Å². The highest BCUT2D eigenvalue weighted by atomic mass is 35.5. The number of nitrogens with zero attached hydrogens (tertiary/aromatic N) is 2. The Balaban J connectivity index is 2.17. The molecular formula is C22H22Cl2N2O5. The van der Waals surface area contributed by atoms with Crippen molar-refractivity contribution in [2.24, 2.45) is 0 Å². The van der Waals surface area contributed by atoms with Crippen LogP contribution < -0.4 is 4.74 Å². The molecule has 1 aromatic heterocycles. The fourth-order valence-electron chi connectivity index (χ4n) is 3.47. The Morgan fingerprint density at radius 1 is 1.29 bits per heavy atom. The number of rotatable bonds is 7. The van der Waals surface area contributed by atoms with Crippen molar-refractivity contribution in [3.05, 3.63) is 63.4 Å². The summed E-state index contributed by atoms with van der Waals surface area (Å²) < 4.78 is 10.9. The first-order valence-corrected chi connectivity index (χ1v) is 10.3. The van der Waals surface area contributed by atoms with E-state index in [1.165, 1.54) is 24.1 Å². The molecule has 0 radical (unpaired) electrons. The number of aliphatic hydroxyl groups excluding tert-OH is 1. The first-order valence-electron chi connectivity index (χ1n) is 9.59. The zero-order valence-corrected chi connectivity index (χ0v) is 18.8. The van der Waals surface area contributed by atoms with E-state index >= 15 is 0 Å². The molecule has 1 aromatic carbocycles. The number of methoxy groups -OCH3 is 1. The highest BCUT2D eigenvalue weighted by Crippen LogP contribution is 2.42. The number of carbonyl (C=O) groups is 2. The Hall–Kier alpha value is -2.61. The lowest BCUT2D eigenvalue weighted by molar-refractivity contribution is -0.140. The summed E-state index contributed by atoms with van der Waals surface area (Å²) in [6.45, 7) is 4.14. The Labute approximate surface area is 190 Å². The van der Waals surface area contributed by atoms with Gasteiger partial charge in [-0.25, -0.2) is 0 Å². The maximum Gasteiger partial charge on any atom is 0.295 e. The van der Waals surface area contributed by atoms with Crippen molar-refractivity contribution < 1.29 is 24.2 Å². The summed E-state index contributed by atoms with van der Waals surface area (Å²) in [5, 5.41) is 11.6. The van der Waals surface area contributed by atoms with Gasteiger partial charge in [0, 0.05) is 24.0 Å². The smallest absolute Gasteiger partial charge is 0.295 e. The van der Waals surface area contributed by atoms with Crippen LogP contribution in [0.1, 0.15) is 31.0 Å². The Morgan fingerprint density at radius 3 is 2.65 bits per heavy atom. The number of aromatic nitrogens is 1. The molecule has 7 nitrogen and oxygen atoms in total. The highest BCUT2D eigenvalue weighted by molar-refractivity contribution is 6.46. The molecule has 2 aromatic rings. The van der Waals surface area contributed by atoms with Gasteiger partial charge in [-0.15, -0.1) is 0 Å². The summed E-state index contributed by atoms with van der Waals surface area (Å²) >= 11 is 12.3. The predicted octanol–water partition coefficient (Wildman–Crippen LogP) is 4.24. The molecule has 31 heavy (non-hydrogen) atoms. The number of aliphatic hydroxyl groups is 1. The van der Waals surface area contributed by atoms with Crippen LogP contribution in [0.3, 0.4) is 0 Å². The Morgan fingerprint density at radius 2 is 2.03 bits per heavy atom. The number of benzene rings is 1. The van der Waals surface area contributed by atoms with Crippen LogP contribution in [0.5, 0.6) is 5.75 Å². The molecule has 1 unspecified atom stereocenters. The van der Waals surface area contributed by atoms with E-state index in [0.29, 0.717) is 5.56 Å². The molecular weight excluding hydrogens is 443 g/mol. The lowest BCUT2D eigenvalue weighted by Gasteiger charge is -2.25. The number of likely N-dealkylation sites (tertiary alicyclic amines) is 1. The third kappa shape index (κ3) is 4.69. The molecule has 1 aliphatic heterocycles. The van der Waals surface area contributed by atoms with Gasteiger partial charge in [0.05, 0.1) is 42.0 Å². The maximum absolute atomic E-state index is 13.0. The minimum Gasteiger partial charge on any atom is -0.507 e. The number of pyridine rings is 1. The molecule has 1 amide bonds. The predicted molar refractivity (Wildman–Crippen MR) is 117 cm³/mol.